The van der Waals surface area contributed by atoms with Crippen LogP contribution in [0.3, 0.4) is 0 Å². The van der Waals surface area contributed by atoms with Crippen LogP contribution in [0.2, 0.25) is 0 Å². The lowest BCUT2D eigenvalue weighted by atomic mass is 10.1. The van der Waals surface area contributed by atoms with E-state index in [4.69, 9.17) is 4.74 Å². The third-order valence-corrected chi connectivity index (χ3v) is 5.38. The van der Waals surface area contributed by atoms with E-state index in [9.17, 15) is 17.6 Å². The van der Waals surface area contributed by atoms with E-state index in [0.29, 0.717) is 6.61 Å². The lowest BCUT2D eigenvalue weighted by molar-refractivity contribution is 0.0939. The zero-order valence-corrected chi connectivity index (χ0v) is 16.6. The Kier molecular flexibility index (Phi) is 7.31. The molecule has 8 heteroatoms. The number of rotatable bonds is 9. The van der Waals surface area contributed by atoms with Crippen molar-refractivity contribution in [2.24, 2.45) is 0 Å². The van der Waals surface area contributed by atoms with Crippen LogP contribution in [0.15, 0.2) is 60.0 Å². The minimum absolute atomic E-state index is 0.0400. The van der Waals surface area contributed by atoms with Crippen LogP contribution in [-0.2, 0) is 10.0 Å². The Morgan fingerprint density at radius 1 is 1.25 bits per heavy atom. The largest absolute Gasteiger partial charge is 0.494 e. The molecule has 1 atom stereocenters. The van der Waals surface area contributed by atoms with Crippen molar-refractivity contribution in [3.05, 3.63) is 72.1 Å². The van der Waals surface area contributed by atoms with Crippen LogP contribution in [-0.4, -0.2) is 27.5 Å². The number of carbonyl (C=O) groups excluding carboxylic acids is 1. The van der Waals surface area contributed by atoms with Crippen molar-refractivity contribution in [2.45, 2.75) is 24.8 Å². The predicted molar refractivity (Wildman–Crippen MR) is 105 cm³/mol. The van der Waals surface area contributed by atoms with Crippen molar-refractivity contribution in [1.29, 1.82) is 0 Å². The maximum Gasteiger partial charge on any atom is 0.251 e. The fourth-order valence-corrected chi connectivity index (χ4v) is 3.58. The standard InChI is InChI=1S/C20H23FN2O4S/c1-4-12-22-28(25,26)19-13-16(8-11-18(19)21)20(24)23-14(3)15-6-9-17(10-7-15)27-5-2/h4,6-11,13-14,22H,1,5,12H2,2-3H3,(H,23,24). The number of carbonyl (C=O) groups is 1. The van der Waals surface area contributed by atoms with Gasteiger partial charge in [-0.15, -0.1) is 6.58 Å². The number of ether oxygens (including phenoxy) is 1. The summed E-state index contributed by atoms with van der Waals surface area (Å²) in [7, 11) is -4.09. The Labute approximate surface area is 164 Å². The molecular formula is C20H23FN2O4S. The molecule has 0 aliphatic heterocycles. The van der Waals surface area contributed by atoms with Gasteiger partial charge in [-0.1, -0.05) is 18.2 Å². The Morgan fingerprint density at radius 3 is 2.54 bits per heavy atom. The van der Waals surface area contributed by atoms with Gasteiger partial charge in [0.15, 0.2) is 0 Å². The molecule has 0 saturated heterocycles. The number of hydrogen-bond acceptors (Lipinski definition) is 4. The minimum Gasteiger partial charge on any atom is -0.494 e. The van der Waals surface area contributed by atoms with Crippen molar-refractivity contribution >= 4 is 15.9 Å². The molecule has 0 aromatic heterocycles. The van der Waals surface area contributed by atoms with Crippen molar-refractivity contribution in [3.63, 3.8) is 0 Å². The molecule has 6 nitrogen and oxygen atoms in total. The summed E-state index contributed by atoms with van der Waals surface area (Å²) in [4.78, 5) is 11.9. The lowest BCUT2D eigenvalue weighted by Crippen LogP contribution is -2.28. The molecule has 0 radical (unpaired) electrons. The van der Waals surface area contributed by atoms with Crippen molar-refractivity contribution in [1.82, 2.24) is 10.0 Å². The molecule has 2 N–H and O–H groups in total. The van der Waals surface area contributed by atoms with Gasteiger partial charge in [-0.2, -0.15) is 0 Å². The van der Waals surface area contributed by atoms with Gasteiger partial charge in [0.2, 0.25) is 10.0 Å². The number of amides is 1. The molecule has 28 heavy (non-hydrogen) atoms. The summed E-state index contributed by atoms with van der Waals surface area (Å²) >= 11 is 0. The first-order chi connectivity index (χ1) is 13.3. The molecule has 0 fully saturated rings. The van der Waals surface area contributed by atoms with E-state index in [1.807, 2.05) is 19.1 Å². The van der Waals surface area contributed by atoms with Gasteiger partial charge in [0.05, 0.1) is 12.6 Å². The second-order valence-corrected chi connectivity index (χ2v) is 7.72. The highest BCUT2D eigenvalue weighted by molar-refractivity contribution is 7.89. The van der Waals surface area contributed by atoms with E-state index in [0.717, 1.165) is 23.4 Å². The molecule has 1 unspecified atom stereocenters. The van der Waals surface area contributed by atoms with Crippen molar-refractivity contribution in [3.8, 4) is 5.75 Å². The Balaban J connectivity index is 2.17. The van der Waals surface area contributed by atoms with Gasteiger partial charge in [0, 0.05) is 12.1 Å². The number of nitrogens with one attached hydrogen (secondary N) is 2. The average Bonchev–Trinajstić information content (AvgIpc) is 2.67. The summed E-state index contributed by atoms with van der Waals surface area (Å²) in [5, 5.41) is 2.77. The summed E-state index contributed by atoms with van der Waals surface area (Å²) in [5.74, 6) is -0.723. The molecule has 0 aliphatic carbocycles. The fraction of sp³-hybridized carbons (Fsp3) is 0.250. The van der Waals surface area contributed by atoms with Crippen molar-refractivity contribution < 1.29 is 22.3 Å². The summed E-state index contributed by atoms with van der Waals surface area (Å²) in [6, 6.07) is 10.1. The van der Waals surface area contributed by atoms with E-state index in [2.05, 4.69) is 16.6 Å². The maximum atomic E-state index is 14.0. The third-order valence-electron chi connectivity index (χ3n) is 3.94. The van der Waals surface area contributed by atoms with Crippen LogP contribution in [0, 0.1) is 5.82 Å². The average molecular weight is 406 g/mol. The van der Waals surface area contributed by atoms with E-state index >= 15 is 0 Å². The Hall–Kier alpha value is -2.71. The van der Waals surface area contributed by atoms with Gasteiger partial charge in [-0.25, -0.2) is 17.5 Å². The highest BCUT2D eigenvalue weighted by Gasteiger charge is 2.21. The molecule has 0 aliphatic rings. The lowest BCUT2D eigenvalue weighted by Gasteiger charge is -2.15. The van der Waals surface area contributed by atoms with Crippen LogP contribution < -0.4 is 14.8 Å². The molecule has 2 rings (SSSR count). The van der Waals surface area contributed by atoms with E-state index in [1.165, 1.54) is 12.1 Å². The Morgan fingerprint density at radius 2 is 1.93 bits per heavy atom. The first-order valence-corrected chi connectivity index (χ1v) is 10.2. The molecule has 0 saturated carbocycles. The zero-order chi connectivity index (χ0) is 20.7. The van der Waals surface area contributed by atoms with Crippen LogP contribution in [0.1, 0.15) is 35.8 Å². The molecule has 2 aromatic rings. The highest BCUT2D eigenvalue weighted by Crippen LogP contribution is 2.20. The number of hydrogen-bond donors (Lipinski definition) is 2. The van der Waals surface area contributed by atoms with Crippen LogP contribution in [0.5, 0.6) is 5.75 Å². The molecule has 150 valence electrons. The second-order valence-electron chi connectivity index (χ2n) is 5.98. The summed E-state index contributed by atoms with van der Waals surface area (Å²) in [5.41, 5.74) is 0.887. The topological polar surface area (TPSA) is 84.5 Å². The SMILES string of the molecule is C=CCNS(=O)(=O)c1cc(C(=O)NC(C)c2ccc(OCC)cc2)ccc1F. The molecule has 0 spiro atoms. The van der Waals surface area contributed by atoms with Crippen LogP contribution in [0.4, 0.5) is 4.39 Å². The predicted octanol–water partition coefficient (Wildman–Crippen LogP) is 3.18. The normalized spacial score (nSPS) is 12.2. The van der Waals surface area contributed by atoms with Gasteiger partial charge in [-0.3, -0.25) is 4.79 Å². The van der Waals surface area contributed by atoms with E-state index < -0.39 is 26.6 Å². The van der Waals surface area contributed by atoms with Gasteiger partial charge < -0.3 is 10.1 Å². The molecule has 0 heterocycles. The third kappa shape index (κ3) is 5.40. The fourth-order valence-electron chi connectivity index (χ4n) is 2.48. The summed E-state index contributed by atoms with van der Waals surface area (Å²) in [6.45, 7) is 7.60. The van der Waals surface area contributed by atoms with E-state index in [1.54, 1.807) is 19.1 Å². The molecule has 1 amide bonds. The van der Waals surface area contributed by atoms with Gasteiger partial charge >= 0.3 is 0 Å². The first kappa shape index (κ1) is 21.6. The van der Waals surface area contributed by atoms with E-state index in [-0.39, 0.29) is 18.2 Å². The highest BCUT2D eigenvalue weighted by atomic mass is 32.2. The molecular weight excluding hydrogens is 383 g/mol. The van der Waals surface area contributed by atoms with Gasteiger partial charge in [0.25, 0.3) is 5.91 Å². The zero-order valence-electron chi connectivity index (χ0n) is 15.7. The number of halogens is 1. The van der Waals surface area contributed by atoms with Crippen LogP contribution >= 0.6 is 0 Å². The summed E-state index contributed by atoms with van der Waals surface area (Å²) in [6.07, 6.45) is 1.34. The van der Waals surface area contributed by atoms with Gasteiger partial charge in [-0.05, 0) is 49.7 Å². The number of benzene rings is 2. The monoisotopic (exact) mass is 406 g/mol. The summed E-state index contributed by atoms with van der Waals surface area (Å²) < 4.78 is 45.9. The first-order valence-electron chi connectivity index (χ1n) is 8.72. The van der Waals surface area contributed by atoms with Crippen molar-refractivity contribution in [2.75, 3.05) is 13.2 Å². The molecule has 2 aromatic carbocycles. The number of sulfonamides is 1. The maximum absolute atomic E-state index is 14.0. The molecule has 0 bridgehead atoms. The Bertz CT molecular complexity index is 943. The second kappa shape index (κ2) is 9.48. The van der Waals surface area contributed by atoms with Gasteiger partial charge in [0.1, 0.15) is 16.5 Å². The van der Waals surface area contributed by atoms with Crippen LogP contribution in [0.25, 0.3) is 0 Å². The minimum atomic E-state index is -4.09. The smallest absolute Gasteiger partial charge is 0.251 e. The quantitative estimate of drug-likeness (QED) is 0.627.